The molecule has 4 heterocycles. The van der Waals surface area contributed by atoms with Crippen molar-refractivity contribution in [1.29, 1.82) is 0 Å². The zero-order valence-corrected chi connectivity index (χ0v) is 15.4. The van der Waals surface area contributed by atoms with Crippen molar-refractivity contribution in [3.05, 3.63) is 41.3 Å². The summed E-state index contributed by atoms with van der Waals surface area (Å²) in [7, 11) is 0. The van der Waals surface area contributed by atoms with Gasteiger partial charge in [0.25, 0.3) is 0 Å². The Bertz CT molecular complexity index is 882. The van der Waals surface area contributed by atoms with Crippen LogP contribution in [0.5, 0.6) is 0 Å². The van der Waals surface area contributed by atoms with Crippen LogP contribution >= 0.6 is 11.3 Å². The third kappa shape index (κ3) is 4.59. The quantitative estimate of drug-likeness (QED) is 0.680. The number of nitrogens with one attached hydrogen (secondary N) is 2. The van der Waals surface area contributed by atoms with Crippen LogP contribution < -0.4 is 5.32 Å². The van der Waals surface area contributed by atoms with Gasteiger partial charge in [-0.25, -0.2) is 9.97 Å². The Labute approximate surface area is 158 Å². The van der Waals surface area contributed by atoms with Crippen LogP contribution in [0.25, 0.3) is 10.2 Å². The predicted molar refractivity (Wildman–Crippen MR) is 99.9 cm³/mol. The maximum atomic E-state index is 12.7. The third-order valence-electron chi connectivity index (χ3n) is 4.74. The van der Waals surface area contributed by atoms with Crippen molar-refractivity contribution in [2.75, 3.05) is 18.4 Å². The Balaban J connectivity index is 1.40. The zero-order valence-electron chi connectivity index (χ0n) is 14.6. The molecule has 9 heteroatoms. The Morgan fingerprint density at radius 3 is 2.78 bits per heavy atom. The Morgan fingerprint density at radius 2 is 2.07 bits per heavy atom. The summed E-state index contributed by atoms with van der Waals surface area (Å²) >= 11 is 1.08. The summed E-state index contributed by atoms with van der Waals surface area (Å²) < 4.78 is 38.0. The van der Waals surface area contributed by atoms with Crippen LogP contribution in [0.15, 0.2) is 30.7 Å². The minimum atomic E-state index is -4.21. The normalized spacial score (nSPS) is 16.9. The largest absolute Gasteiger partial charge is 0.393 e. The minimum Gasteiger partial charge on any atom is -0.367 e. The summed E-state index contributed by atoms with van der Waals surface area (Å²) in [4.78, 5) is 14.9. The number of likely N-dealkylation sites (tertiary alicyclic amines) is 1. The van der Waals surface area contributed by atoms with Gasteiger partial charge in [0.15, 0.2) is 0 Å². The van der Waals surface area contributed by atoms with Crippen LogP contribution in [0.2, 0.25) is 0 Å². The van der Waals surface area contributed by atoms with Gasteiger partial charge in [-0.3, -0.25) is 4.90 Å². The van der Waals surface area contributed by atoms with Gasteiger partial charge in [-0.15, -0.1) is 11.3 Å². The van der Waals surface area contributed by atoms with Gasteiger partial charge in [-0.05, 0) is 31.0 Å². The van der Waals surface area contributed by atoms with Crippen molar-refractivity contribution >= 4 is 27.4 Å². The van der Waals surface area contributed by atoms with Gasteiger partial charge >= 0.3 is 6.18 Å². The van der Waals surface area contributed by atoms with Crippen molar-refractivity contribution in [3.8, 4) is 0 Å². The first kappa shape index (κ1) is 18.2. The predicted octanol–water partition coefficient (Wildman–Crippen LogP) is 4.20. The molecule has 0 aromatic carbocycles. The summed E-state index contributed by atoms with van der Waals surface area (Å²) in [6.45, 7) is 2.84. The first-order valence-corrected chi connectivity index (χ1v) is 9.69. The monoisotopic (exact) mass is 395 g/mol. The molecule has 4 rings (SSSR count). The third-order valence-corrected chi connectivity index (χ3v) is 5.78. The maximum Gasteiger partial charge on any atom is 0.393 e. The molecule has 144 valence electrons. The highest BCUT2D eigenvalue weighted by Crippen LogP contribution is 2.33. The zero-order chi connectivity index (χ0) is 18.9. The highest BCUT2D eigenvalue weighted by atomic mass is 32.1. The van der Waals surface area contributed by atoms with Gasteiger partial charge in [0.2, 0.25) is 0 Å². The summed E-state index contributed by atoms with van der Waals surface area (Å²) in [5.74, 6) is 0.632. The van der Waals surface area contributed by atoms with Gasteiger partial charge in [0, 0.05) is 42.4 Å². The number of fused-ring (bicyclic) bond motifs is 1. The molecular formula is C18H20F3N5S. The number of alkyl halides is 3. The molecule has 3 aromatic rings. The van der Waals surface area contributed by atoms with Gasteiger partial charge < -0.3 is 10.3 Å². The number of nitrogens with zero attached hydrogens (tertiary/aromatic N) is 3. The number of thiophene rings is 1. The molecule has 0 spiro atoms. The second kappa shape index (κ2) is 7.47. The summed E-state index contributed by atoms with van der Waals surface area (Å²) in [5, 5.41) is 4.10. The van der Waals surface area contributed by atoms with Crippen molar-refractivity contribution < 1.29 is 13.2 Å². The number of rotatable bonds is 5. The lowest BCUT2D eigenvalue weighted by atomic mass is 10.0. The minimum absolute atomic E-state index is 0.258. The fourth-order valence-corrected chi connectivity index (χ4v) is 4.47. The molecule has 0 unspecified atom stereocenters. The van der Waals surface area contributed by atoms with Crippen molar-refractivity contribution in [1.82, 2.24) is 19.9 Å². The standard InChI is InChI=1S/C18H20F3N5S/c19-18(20,21)9-14-8-15-16(23-11-24-17(15)27-14)25-12-3-6-26(7-4-12)10-13-2-1-5-22-13/h1-2,5,8,11-12,22H,3-4,6-7,9-10H2,(H,23,24,25). The first-order valence-electron chi connectivity index (χ1n) is 8.87. The Hall–Kier alpha value is -2.13. The fourth-order valence-electron chi connectivity index (χ4n) is 3.44. The summed E-state index contributed by atoms with van der Waals surface area (Å²) in [6, 6.07) is 5.90. The molecule has 1 saturated heterocycles. The number of aromatic amines is 1. The molecule has 3 aromatic heterocycles. The number of H-pyrrole nitrogens is 1. The van der Waals surface area contributed by atoms with Gasteiger partial charge in [-0.1, -0.05) is 0 Å². The number of hydrogen-bond acceptors (Lipinski definition) is 5. The fraction of sp³-hybridized carbons (Fsp3) is 0.444. The van der Waals surface area contributed by atoms with Crippen LogP contribution in [0, 0.1) is 0 Å². The highest BCUT2D eigenvalue weighted by Gasteiger charge is 2.29. The van der Waals surface area contributed by atoms with Gasteiger partial charge in [0.05, 0.1) is 11.8 Å². The van der Waals surface area contributed by atoms with Crippen LogP contribution in [-0.2, 0) is 13.0 Å². The van der Waals surface area contributed by atoms with E-state index in [1.807, 2.05) is 12.3 Å². The summed E-state index contributed by atoms with van der Waals surface area (Å²) in [5.41, 5.74) is 1.20. The number of aromatic nitrogens is 3. The maximum absolute atomic E-state index is 12.7. The van der Waals surface area contributed by atoms with E-state index in [1.165, 1.54) is 12.0 Å². The molecule has 5 nitrogen and oxygen atoms in total. The highest BCUT2D eigenvalue weighted by molar-refractivity contribution is 7.18. The molecular weight excluding hydrogens is 375 g/mol. The second-order valence-corrected chi connectivity index (χ2v) is 7.95. The van der Waals surface area contributed by atoms with E-state index in [0.717, 1.165) is 43.8 Å². The molecule has 0 radical (unpaired) electrons. The second-order valence-electron chi connectivity index (χ2n) is 6.84. The number of hydrogen-bond donors (Lipinski definition) is 2. The molecule has 27 heavy (non-hydrogen) atoms. The molecule has 0 aliphatic carbocycles. The number of halogens is 3. The first-order chi connectivity index (χ1) is 13.0. The van der Waals surface area contributed by atoms with E-state index in [-0.39, 0.29) is 10.9 Å². The lowest BCUT2D eigenvalue weighted by molar-refractivity contribution is -0.126. The van der Waals surface area contributed by atoms with Crippen molar-refractivity contribution in [3.63, 3.8) is 0 Å². The number of anilines is 1. The molecule has 0 saturated carbocycles. The number of piperidine rings is 1. The molecule has 2 N–H and O–H groups in total. The molecule has 0 bridgehead atoms. The van der Waals surface area contributed by atoms with E-state index in [1.54, 1.807) is 6.07 Å². The SMILES string of the molecule is FC(F)(F)Cc1cc2c(NC3CCN(Cc4ccc[nH]4)CC3)ncnc2s1. The van der Waals surface area contributed by atoms with E-state index in [4.69, 9.17) is 0 Å². The smallest absolute Gasteiger partial charge is 0.367 e. The van der Waals surface area contributed by atoms with Crippen molar-refractivity contribution in [2.45, 2.75) is 38.0 Å². The Kier molecular flexibility index (Phi) is 5.05. The topological polar surface area (TPSA) is 56.8 Å². The summed E-state index contributed by atoms with van der Waals surface area (Å²) in [6.07, 6.45) is 0.132. The van der Waals surface area contributed by atoms with Gasteiger partial charge in [0.1, 0.15) is 17.0 Å². The van der Waals surface area contributed by atoms with Crippen LogP contribution in [0.1, 0.15) is 23.4 Å². The van der Waals surface area contributed by atoms with Crippen LogP contribution in [-0.4, -0.2) is 45.2 Å². The van der Waals surface area contributed by atoms with Crippen LogP contribution in [0.3, 0.4) is 0 Å². The van der Waals surface area contributed by atoms with Crippen LogP contribution in [0.4, 0.5) is 19.0 Å². The molecule has 1 aliphatic heterocycles. The molecule has 1 fully saturated rings. The average molecular weight is 395 g/mol. The Morgan fingerprint density at radius 1 is 1.26 bits per heavy atom. The lowest BCUT2D eigenvalue weighted by Gasteiger charge is -2.32. The molecule has 0 atom stereocenters. The van der Waals surface area contributed by atoms with E-state index in [0.29, 0.717) is 16.0 Å². The average Bonchev–Trinajstić information content (AvgIpc) is 3.25. The van der Waals surface area contributed by atoms with Crippen molar-refractivity contribution in [2.24, 2.45) is 0 Å². The molecule has 0 amide bonds. The van der Waals surface area contributed by atoms with Gasteiger partial charge in [-0.2, -0.15) is 13.2 Å². The van der Waals surface area contributed by atoms with E-state index in [9.17, 15) is 13.2 Å². The van der Waals surface area contributed by atoms with E-state index < -0.39 is 12.6 Å². The van der Waals surface area contributed by atoms with E-state index >= 15 is 0 Å². The molecule has 1 aliphatic rings. The lowest BCUT2D eigenvalue weighted by Crippen LogP contribution is -2.38. The van der Waals surface area contributed by atoms with E-state index in [2.05, 4.69) is 31.2 Å².